The average Bonchev–Trinajstić information content (AvgIpc) is 2.59. The summed E-state index contributed by atoms with van der Waals surface area (Å²) in [6, 6.07) is 10.1. The molecule has 2 N–H and O–H groups in total. The van der Waals surface area contributed by atoms with Crippen LogP contribution in [0.2, 0.25) is 0 Å². The Bertz CT molecular complexity index is 953. The van der Waals surface area contributed by atoms with Crippen LogP contribution >= 0.6 is 12.2 Å². The van der Waals surface area contributed by atoms with E-state index in [4.69, 9.17) is 27.4 Å². The summed E-state index contributed by atoms with van der Waals surface area (Å²) in [6.07, 6.45) is 0.754. The summed E-state index contributed by atoms with van der Waals surface area (Å²) in [5, 5.41) is 9.71. The van der Waals surface area contributed by atoms with Crippen molar-refractivity contribution in [1.82, 2.24) is 4.57 Å². The van der Waals surface area contributed by atoms with E-state index in [1.165, 1.54) is 0 Å². The standard InChI is InChI=1S/C21H25N3O2S/c1-13(2)26-15-7-5-14(6-8-15)11-24-19(23)17(10-22)16-9-21(3,4)25-12-18(16)20(24)27/h5-8,13H,9,11-12,23H2,1-4H3. The zero-order chi connectivity index (χ0) is 19.8. The molecule has 1 aliphatic heterocycles. The smallest absolute Gasteiger partial charge is 0.123 e. The predicted molar refractivity (Wildman–Crippen MR) is 108 cm³/mol. The quantitative estimate of drug-likeness (QED) is 0.794. The number of hydrogen-bond donors (Lipinski definition) is 1. The SMILES string of the molecule is CC(C)Oc1ccc(Cn2c(N)c(C#N)c3c(c2=S)COC(C)(C)C3)cc1. The van der Waals surface area contributed by atoms with Gasteiger partial charge in [-0.2, -0.15) is 5.26 Å². The highest BCUT2D eigenvalue weighted by molar-refractivity contribution is 7.71. The Morgan fingerprint density at radius 1 is 1.30 bits per heavy atom. The minimum atomic E-state index is -0.328. The molecule has 0 atom stereocenters. The van der Waals surface area contributed by atoms with Gasteiger partial charge in [-0.05, 0) is 51.0 Å². The number of nitrogen functional groups attached to an aromatic ring is 1. The van der Waals surface area contributed by atoms with E-state index in [0.29, 0.717) is 35.6 Å². The second kappa shape index (κ2) is 7.34. The number of fused-ring (bicyclic) bond motifs is 1. The normalized spacial score (nSPS) is 15.3. The molecule has 1 aromatic carbocycles. The van der Waals surface area contributed by atoms with Crippen molar-refractivity contribution in [2.45, 2.75) is 59.0 Å². The van der Waals surface area contributed by atoms with Crippen molar-refractivity contribution in [3.63, 3.8) is 0 Å². The summed E-state index contributed by atoms with van der Waals surface area (Å²) < 4.78 is 14.1. The van der Waals surface area contributed by atoms with Gasteiger partial charge in [0.15, 0.2) is 0 Å². The summed E-state index contributed by atoms with van der Waals surface area (Å²) in [7, 11) is 0. The van der Waals surface area contributed by atoms with Crippen molar-refractivity contribution < 1.29 is 9.47 Å². The molecule has 1 aliphatic rings. The first-order chi connectivity index (χ1) is 12.7. The highest BCUT2D eigenvalue weighted by atomic mass is 32.1. The first kappa shape index (κ1) is 19.4. The molecule has 0 radical (unpaired) electrons. The molecular formula is C21H25N3O2S. The van der Waals surface area contributed by atoms with Gasteiger partial charge in [0.25, 0.3) is 0 Å². The lowest BCUT2D eigenvalue weighted by Crippen LogP contribution is -2.33. The maximum Gasteiger partial charge on any atom is 0.123 e. The van der Waals surface area contributed by atoms with Crippen LogP contribution < -0.4 is 10.5 Å². The number of rotatable bonds is 4. The van der Waals surface area contributed by atoms with Crippen molar-refractivity contribution in [2.75, 3.05) is 5.73 Å². The van der Waals surface area contributed by atoms with Crippen LogP contribution in [0.5, 0.6) is 5.75 Å². The molecule has 0 saturated carbocycles. The fourth-order valence-electron chi connectivity index (χ4n) is 3.34. The van der Waals surface area contributed by atoms with Gasteiger partial charge in [-0.3, -0.25) is 0 Å². The number of ether oxygens (including phenoxy) is 2. The lowest BCUT2D eigenvalue weighted by molar-refractivity contribution is -0.0406. The second-order valence-corrected chi connectivity index (χ2v) is 8.14. The Hall–Kier alpha value is -2.36. The zero-order valence-electron chi connectivity index (χ0n) is 16.2. The van der Waals surface area contributed by atoms with Gasteiger partial charge in [0.1, 0.15) is 22.3 Å². The number of nitrogens with two attached hydrogens (primary N) is 1. The molecule has 142 valence electrons. The van der Waals surface area contributed by atoms with Crippen molar-refractivity contribution in [1.29, 1.82) is 5.26 Å². The molecule has 0 bridgehead atoms. The Morgan fingerprint density at radius 3 is 2.56 bits per heavy atom. The van der Waals surface area contributed by atoms with Crippen molar-refractivity contribution in [3.8, 4) is 11.8 Å². The Labute approximate surface area is 165 Å². The topological polar surface area (TPSA) is 73.2 Å². The second-order valence-electron chi connectivity index (χ2n) is 7.76. The van der Waals surface area contributed by atoms with Gasteiger partial charge in [0.2, 0.25) is 0 Å². The van der Waals surface area contributed by atoms with Gasteiger partial charge in [-0.15, -0.1) is 0 Å². The summed E-state index contributed by atoms with van der Waals surface area (Å²) in [4.78, 5) is 0. The third-order valence-electron chi connectivity index (χ3n) is 4.67. The van der Waals surface area contributed by atoms with Gasteiger partial charge in [-0.1, -0.05) is 24.4 Å². The Morgan fingerprint density at radius 2 is 1.96 bits per heavy atom. The minimum absolute atomic E-state index is 0.128. The number of benzene rings is 1. The molecule has 0 amide bonds. The van der Waals surface area contributed by atoms with Gasteiger partial charge >= 0.3 is 0 Å². The average molecular weight is 384 g/mol. The van der Waals surface area contributed by atoms with Gasteiger partial charge in [0, 0.05) is 12.0 Å². The summed E-state index contributed by atoms with van der Waals surface area (Å²) in [5.41, 5.74) is 9.40. The van der Waals surface area contributed by atoms with E-state index in [2.05, 4.69) is 6.07 Å². The maximum absolute atomic E-state index is 9.71. The first-order valence-corrected chi connectivity index (χ1v) is 9.46. The van der Waals surface area contributed by atoms with E-state index in [9.17, 15) is 5.26 Å². The number of aromatic nitrogens is 1. The number of hydrogen-bond acceptors (Lipinski definition) is 5. The Balaban J connectivity index is 2.00. The van der Waals surface area contributed by atoms with Crippen molar-refractivity contribution >= 4 is 18.0 Å². The minimum Gasteiger partial charge on any atom is -0.491 e. The lowest BCUT2D eigenvalue weighted by Gasteiger charge is -2.33. The molecule has 0 unspecified atom stereocenters. The zero-order valence-corrected chi connectivity index (χ0v) is 17.0. The largest absolute Gasteiger partial charge is 0.491 e. The highest BCUT2D eigenvalue weighted by Gasteiger charge is 2.31. The molecule has 3 rings (SSSR count). The fraction of sp³-hybridized carbons (Fsp3) is 0.429. The molecule has 0 saturated heterocycles. The molecule has 0 fully saturated rings. The molecule has 1 aromatic heterocycles. The van der Waals surface area contributed by atoms with E-state index >= 15 is 0 Å². The summed E-state index contributed by atoms with van der Waals surface area (Å²) in [5.74, 6) is 1.24. The number of anilines is 1. The van der Waals surface area contributed by atoms with Crippen LogP contribution in [0.4, 0.5) is 5.82 Å². The molecular weight excluding hydrogens is 358 g/mol. The molecule has 5 nitrogen and oxygen atoms in total. The van der Waals surface area contributed by atoms with Gasteiger partial charge in [-0.25, -0.2) is 0 Å². The van der Waals surface area contributed by atoms with E-state index in [-0.39, 0.29) is 11.7 Å². The van der Waals surface area contributed by atoms with Crippen molar-refractivity contribution in [3.05, 3.63) is 51.2 Å². The number of nitrogens with zero attached hydrogens (tertiary/aromatic N) is 2. The van der Waals surface area contributed by atoms with E-state index in [0.717, 1.165) is 22.4 Å². The van der Waals surface area contributed by atoms with Crippen LogP contribution in [0.1, 0.15) is 49.9 Å². The Kier molecular flexibility index (Phi) is 5.27. The number of nitriles is 1. The molecule has 2 aromatic rings. The highest BCUT2D eigenvalue weighted by Crippen LogP contribution is 2.33. The van der Waals surface area contributed by atoms with E-state index < -0.39 is 0 Å². The molecule has 2 heterocycles. The van der Waals surface area contributed by atoms with Crippen LogP contribution in [0.15, 0.2) is 24.3 Å². The molecule has 0 spiro atoms. The van der Waals surface area contributed by atoms with Gasteiger partial charge in [0.05, 0.1) is 30.4 Å². The first-order valence-electron chi connectivity index (χ1n) is 9.05. The third kappa shape index (κ3) is 4.00. The maximum atomic E-state index is 9.71. The molecule has 6 heteroatoms. The summed E-state index contributed by atoms with van der Waals surface area (Å²) >= 11 is 5.70. The monoisotopic (exact) mass is 383 g/mol. The van der Waals surface area contributed by atoms with Crippen molar-refractivity contribution in [2.24, 2.45) is 0 Å². The van der Waals surface area contributed by atoms with Crippen LogP contribution in [0, 0.1) is 16.0 Å². The van der Waals surface area contributed by atoms with Crippen LogP contribution in [-0.2, 0) is 24.3 Å². The van der Waals surface area contributed by atoms with Crippen LogP contribution in [0.25, 0.3) is 0 Å². The predicted octanol–water partition coefficient (Wildman–Crippen LogP) is 4.36. The fourth-order valence-corrected chi connectivity index (χ4v) is 3.68. The lowest BCUT2D eigenvalue weighted by atomic mass is 9.89. The summed E-state index contributed by atoms with van der Waals surface area (Å²) in [6.45, 7) is 8.91. The molecule has 0 aliphatic carbocycles. The van der Waals surface area contributed by atoms with Crippen LogP contribution in [0.3, 0.4) is 0 Å². The van der Waals surface area contributed by atoms with Crippen LogP contribution in [-0.4, -0.2) is 16.3 Å². The van der Waals surface area contributed by atoms with E-state index in [1.54, 1.807) is 0 Å². The van der Waals surface area contributed by atoms with Gasteiger partial charge < -0.3 is 19.8 Å². The number of pyridine rings is 1. The van der Waals surface area contributed by atoms with E-state index in [1.807, 2.05) is 56.5 Å². The third-order valence-corrected chi connectivity index (χ3v) is 5.14. The molecule has 27 heavy (non-hydrogen) atoms.